The predicted molar refractivity (Wildman–Crippen MR) is 176 cm³/mol. The average molecular weight is 599 g/mol. The van der Waals surface area contributed by atoms with Gasteiger partial charge in [0.1, 0.15) is 5.75 Å². The maximum atomic E-state index is 11.1. The van der Waals surface area contributed by atoms with Crippen LogP contribution in [0.2, 0.25) is 5.04 Å². The van der Waals surface area contributed by atoms with Crippen molar-refractivity contribution in [2.45, 2.75) is 64.7 Å². The smallest absolute Gasteiger partial charge is 0.261 e. The van der Waals surface area contributed by atoms with Crippen molar-refractivity contribution in [3.8, 4) is 5.75 Å². The van der Waals surface area contributed by atoms with Crippen LogP contribution < -0.4 is 10.4 Å². The molecule has 4 aromatic rings. The van der Waals surface area contributed by atoms with Crippen LogP contribution >= 0.6 is 11.3 Å². The van der Waals surface area contributed by atoms with E-state index in [9.17, 15) is 15.3 Å². The molecule has 1 heterocycles. The number of hydrogen-bond acceptors (Lipinski definition) is 5. The summed E-state index contributed by atoms with van der Waals surface area (Å²) in [7, 11) is -2.79. The van der Waals surface area contributed by atoms with Crippen molar-refractivity contribution in [3.63, 3.8) is 0 Å². The van der Waals surface area contributed by atoms with Crippen LogP contribution in [0, 0.1) is 13.8 Å². The van der Waals surface area contributed by atoms with Crippen LogP contribution in [0.5, 0.6) is 5.75 Å². The maximum Gasteiger partial charge on any atom is 0.261 e. The van der Waals surface area contributed by atoms with E-state index < -0.39 is 20.5 Å². The second-order valence-corrected chi connectivity index (χ2v) is 17.2. The Balaban J connectivity index is 1.70. The van der Waals surface area contributed by atoms with Crippen molar-refractivity contribution in [3.05, 3.63) is 129 Å². The molecule has 0 saturated heterocycles. The Morgan fingerprint density at radius 3 is 1.95 bits per heavy atom. The number of hydrogen-bond donors (Lipinski definition) is 3. The highest BCUT2D eigenvalue weighted by Gasteiger charge is 2.50. The molecule has 4 nitrogen and oxygen atoms in total. The van der Waals surface area contributed by atoms with Gasteiger partial charge in [-0.15, -0.1) is 17.1 Å². The van der Waals surface area contributed by atoms with Gasteiger partial charge in [-0.3, -0.25) is 0 Å². The average Bonchev–Trinajstić information content (AvgIpc) is 3.51. The van der Waals surface area contributed by atoms with Gasteiger partial charge >= 0.3 is 0 Å². The molecule has 42 heavy (non-hydrogen) atoms. The van der Waals surface area contributed by atoms with Gasteiger partial charge in [-0.05, 0) is 81.2 Å². The van der Waals surface area contributed by atoms with Gasteiger partial charge in [0, 0.05) is 17.7 Å². The Bertz CT molecular complexity index is 1440. The first kappa shape index (κ1) is 31.7. The largest absolute Gasteiger partial charge is 0.507 e. The first-order valence-electron chi connectivity index (χ1n) is 14.4. The Morgan fingerprint density at radius 1 is 0.881 bits per heavy atom. The zero-order chi connectivity index (χ0) is 30.3. The van der Waals surface area contributed by atoms with Crippen molar-refractivity contribution < 1.29 is 19.7 Å². The number of rotatable bonds is 11. The van der Waals surface area contributed by atoms with Crippen LogP contribution in [0.3, 0.4) is 0 Å². The molecule has 3 aromatic carbocycles. The molecule has 0 fully saturated rings. The molecule has 0 aliphatic rings. The molecule has 220 valence electrons. The molecule has 0 unspecified atom stereocenters. The number of aryl methyl sites for hydroxylation is 2. The van der Waals surface area contributed by atoms with E-state index in [0.29, 0.717) is 19.4 Å². The third kappa shape index (κ3) is 7.21. The molecule has 0 amide bonds. The lowest BCUT2D eigenvalue weighted by molar-refractivity contribution is 0.176. The van der Waals surface area contributed by atoms with E-state index in [1.807, 2.05) is 61.7 Å². The molecule has 0 bridgehead atoms. The lowest BCUT2D eigenvalue weighted by atomic mass is 10.00. The van der Waals surface area contributed by atoms with Crippen LogP contribution in [-0.4, -0.2) is 30.2 Å². The van der Waals surface area contributed by atoms with E-state index in [-0.39, 0.29) is 10.8 Å². The molecule has 0 saturated carbocycles. The monoisotopic (exact) mass is 598 g/mol. The van der Waals surface area contributed by atoms with Crippen molar-refractivity contribution >= 4 is 30.0 Å². The van der Waals surface area contributed by atoms with E-state index in [4.69, 9.17) is 4.43 Å². The first-order chi connectivity index (χ1) is 20.0. The van der Waals surface area contributed by atoms with E-state index in [2.05, 4.69) is 75.0 Å². The molecular formula is C36H42O4SSi. The quantitative estimate of drug-likeness (QED) is 0.125. The summed E-state index contributed by atoms with van der Waals surface area (Å²) in [6, 6.07) is 28.5. The lowest BCUT2D eigenvalue weighted by Crippen LogP contribution is -2.66. The lowest BCUT2D eigenvalue weighted by Gasteiger charge is -2.43. The second-order valence-electron chi connectivity index (χ2n) is 11.9. The number of aliphatic hydroxyl groups is 2. The minimum atomic E-state index is -2.79. The number of phenols is 1. The number of aromatic hydroxyl groups is 1. The zero-order valence-corrected chi connectivity index (χ0v) is 27.0. The summed E-state index contributed by atoms with van der Waals surface area (Å²) >= 11 is 1.53. The Morgan fingerprint density at radius 2 is 1.45 bits per heavy atom. The minimum absolute atomic E-state index is 0.179. The summed E-state index contributed by atoms with van der Waals surface area (Å²) in [5, 5.41) is 36.3. The molecule has 0 radical (unpaired) electrons. The van der Waals surface area contributed by atoms with Gasteiger partial charge in [-0.25, -0.2) is 0 Å². The van der Waals surface area contributed by atoms with E-state index >= 15 is 0 Å². The highest BCUT2D eigenvalue weighted by Crippen LogP contribution is 2.37. The summed E-state index contributed by atoms with van der Waals surface area (Å²) in [5.41, 5.74) is 6.48. The van der Waals surface area contributed by atoms with Gasteiger partial charge in [0.05, 0.1) is 18.8 Å². The highest BCUT2D eigenvalue weighted by atomic mass is 32.1. The SMILES string of the molecule is Cc1cc([C@H](O)CC=C=C(CO[Si](c2ccccc2)(c2ccccc2)C(C)(C)C)C[C@@H](O)c2cccs2)cc(C)c1O. The van der Waals surface area contributed by atoms with Gasteiger partial charge in [0.25, 0.3) is 8.32 Å². The molecular weight excluding hydrogens is 557 g/mol. The summed E-state index contributed by atoms with van der Waals surface area (Å²) in [5.74, 6) is 0.256. The number of phenolic OH excluding ortho intramolecular Hbond substituents is 1. The van der Waals surface area contributed by atoms with Crippen molar-refractivity contribution in [1.82, 2.24) is 0 Å². The van der Waals surface area contributed by atoms with Gasteiger partial charge in [-0.2, -0.15) is 0 Å². The Hall–Kier alpha value is -3.22. The van der Waals surface area contributed by atoms with Gasteiger partial charge in [0.2, 0.25) is 0 Å². The molecule has 1 aromatic heterocycles. The van der Waals surface area contributed by atoms with Crippen molar-refractivity contribution in [1.29, 1.82) is 0 Å². The summed E-state index contributed by atoms with van der Waals surface area (Å²) in [4.78, 5) is 0.898. The summed E-state index contributed by atoms with van der Waals surface area (Å²) in [6.07, 6.45) is 1.16. The van der Waals surface area contributed by atoms with Crippen LogP contribution in [-0.2, 0) is 4.43 Å². The highest BCUT2D eigenvalue weighted by molar-refractivity contribution is 7.10. The minimum Gasteiger partial charge on any atom is -0.507 e. The molecule has 6 heteroatoms. The predicted octanol–water partition coefficient (Wildman–Crippen LogP) is 7.28. The van der Waals surface area contributed by atoms with E-state index in [0.717, 1.165) is 27.1 Å². The molecule has 2 atom stereocenters. The Kier molecular flexibility index (Phi) is 10.4. The van der Waals surface area contributed by atoms with Crippen LogP contribution in [0.15, 0.2) is 108 Å². The standard InChI is InChI=1S/C36H42O4SSi/c1-26-22-29(23-27(2)35(26)39)32(37)19-12-14-28(24-33(38)34-20-13-21-41-34)25-40-42(36(3,4)5,30-15-8-6-9-16-30)31-17-10-7-11-18-31/h6-13,15-18,20-23,32-33,37-39H,19,24-25H2,1-5H3/t14?,32-,33-/m1/s1. The molecule has 4 rings (SSSR count). The second kappa shape index (κ2) is 13.8. The van der Waals surface area contributed by atoms with Gasteiger partial charge in [0.15, 0.2) is 0 Å². The fourth-order valence-corrected chi connectivity index (χ4v) is 10.8. The molecule has 0 aliphatic heterocycles. The fourth-order valence-electron chi connectivity index (χ4n) is 5.56. The molecule has 0 spiro atoms. The fraction of sp³-hybridized carbons (Fsp3) is 0.306. The zero-order valence-electron chi connectivity index (χ0n) is 25.2. The van der Waals surface area contributed by atoms with Crippen LogP contribution in [0.25, 0.3) is 0 Å². The van der Waals surface area contributed by atoms with Crippen LogP contribution in [0.1, 0.15) is 67.4 Å². The topological polar surface area (TPSA) is 69.9 Å². The Labute approximate surface area is 255 Å². The maximum absolute atomic E-state index is 11.1. The van der Waals surface area contributed by atoms with Crippen LogP contribution in [0.4, 0.5) is 0 Å². The first-order valence-corrected chi connectivity index (χ1v) is 17.2. The van der Waals surface area contributed by atoms with Crippen molar-refractivity contribution in [2.24, 2.45) is 0 Å². The summed E-state index contributed by atoms with van der Waals surface area (Å²) < 4.78 is 7.15. The number of aliphatic hydroxyl groups excluding tert-OH is 2. The van der Waals surface area contributed by atoms with E-state index in [1.54, 1.807) is 0 Å². The van der Waals surface area contributed by atoms with Gasteiger partial charge in [-0.1, -0.05) is 87.5 Å². The normalized spacial score (nSPS) is 13.3. The molecule has 3 N–H and O–H groups in total. The third-order valence-electron chi connectivity index (χ3n) is 7.74. The number of thiophene rings is 1. The summed E-state index contributed by atoms with van der Waals surface area (Å²) in [6.45, 7) is 10.7. The van der Waals surface area contributed by atoms with E-state index in [1.165, 1.54) is 21.7 Å². The third-order valence-corrected chi connectivity index (χ3v) is 13.7. The van der Waals surface area contributed by atoms with Gasteiger partial charge < -0.3 is 19.7 Å². The van der Waals surface area contributed by atoms with Crippen molar-refractivity contribution in [2.75, 3.05) is 6.61 Å². The molecule has 0 aliphatic carbocycles. The number of benzene rings is 3.